The molecule has 4 nitrogen and oxygen atoms in total. The number of rotatable bonds is 9. The van der Waals surface area contributed by atoms with Gasteiger partial charge in [0.15, 0.2) is 5.92 Å². The molecule has 17 heavy (non-hydrogen) atoms. The van der Waals surface area contributed by atoms with Gasteiger partial charge in [0.2, 0.25) is 0 Å². The fourth-order valence-electron chi connectivity index (χ4n) is 1.75. The van der Waals surface area contributed by atoms with E-state index in [0.717, 1.165) is 19.3 Å². The third kappa shape index (κ3) is 6.97. The Morgan fingerprint density at radius 1 is 0.882 bits per heavy atom. The minimum Gasteiger partial charge on any atom is -0.468 e. The summed E-state index contributed by atoms with van der Waals surface area (Å²) in [4.78, 5) is 22.7. The van der Waals surface area contributed by atoms with Gasteiger partial charge < -0.3 is 9.47 Å². The Balaban J connectivity index is 3.85. The Bertz CT molecular complexity index is 209. The summed E-state index contributed by atoms with van der Waals surface area (Å²) in [5, 5.41) is 0. The summed E-state index contributed by atoms with van der Waals surface area (Å²) < 4.78 is 9.18. The van der Waals surface area contributed by atoms with Crippen molar-refractivity contribution < 1.29 is 19.1 Å². The second-order valence-electron chi connectivity index (χ2n) is 4.16. The lowest BCUT2D eigenvalue weighted by Crippen LogP contribution is -2.26. The van der Waals surface area contributed by atoms with Crippen molar-refractivity contribution in [2.75, 3.05) is 14.2 Å². The first-order valence-electron chi connectivity index (χ1n) is 6.33. The van der Waals surface area contributed by atoms with Crippen LogP contribution in [0.15, 0.2) is 0 Å². The summed E-state index contributed by atoms with van der Waals surface area (Å²) in [5.41, 5.74) is 0. The van der Waals surface area contributed by atoms with Crippen LogP contribution in [-0.2, 0) is 19.1 Å². The van der Waals surface area contributed by atoms with Gasteiger partial charge in [-0.15, -0.1) is 0 Å². The van der Waals surface area contributed by atoms with Crippen LogP contribution in [0.3, 0.4) is 0 Å². The molecule has 0 aliphatic heterocycles. The van der Waals surface area contributed by atoms with E-state index < -0.39 is 17.9 Å². The van der Waals surface area contributed by atoms with E-state index >= 15 is 0 Å². The Kier molecular flexibility index (Phi) is 9.49. The zero-order chi connectivity index (χ0) is 13.1. The van der Waals surface area contributed by atoms with Crippen LogP contribution >= 0.6 is 0 Å². The molecule has 0 bridgehead atoms. The van der Waals surface area contributed by atoms with Gasteiger partial charge in [0, 0.05) is 0 Å². The zero-order valence-corrected chi connectivity index (χ0v) is 11.2. The van der Waals surface area contributed by atoms with E-state index in [1.54, 1.807) is 0 Å². The largest absolute Gasteiger partial charge is 0.468 e. The van der Waals surface area contributed by atoms with Gasteiger partial charge >= 0.3 is 11.9 Å². The number of esters is 2. The van der Waals surface area contributed by atoms with Crippen LogP contribution < -0.4 is 0 Å². The molecule has 0 unspecified atom stereocenters. The first-order valence-corrected chi connectivity index (χ1v) is 6.33. The number of carbonyl (C=O) groups excluding carboxylic acids is 2. The molecule has 0 spiro atoms. The number of methoxy groups -OCH3 is 2. The molecule has 0 aromatic heterocycles. The van der Waals surface area contributed by atoms with Crippen molar-refractivity contribution in [3.63, 3.8) is 0 Å². The third-order valence-electron chi connectivity index (χ3n) is 2.82. The Morgan fingerprint density at radius 2 is 1.35 bits per heavy atom. The number of hydrogen-bond donors (Lipinski definition) is 0. The maximum Gasteiger partial charge on any atom is 0.320 e. The highest BCUT2D eigenvalue weighted by Gasteiger charge is 2.27. The molecule has 0 amide bonds. The van der Waals surface area contributed by atoms with Gasteiger partial charge in [-0.25, -0.2) is 0 Å². The monoisotopic (exact) mass is 244 g/mol. The van der Waals surface area contributed by atoms with Crippen molar-refractivity contribution in [1.82, 2.24) is 0 Å². The molecule has 4 heteroatoms. The highest BCUT2D eigenvalue weighted by Crippen LogP contribution is 2.15. The van der Waals surface area contributed by atoms with E-state index in [4.69, 9.17) is 0 Å². The van der Waals surface area contributed by atoms with Crippen molar-refractivity contribution in [2.24, 2.45) is 5.92 Å². The van der Waals surface area contributed by atoms with E-state index in [0.29, 0.717) is 6.42 Å². The number of carbonyl (C=O) groups is 2. The van der Waals surface area contributed by atoms with Gasteiger partial charge in [0.1, 0.15) is 0 Å². The van der Waals surface area contributed by atoms with Gasteiger partial charge in [0.05, 0.1) is 14.2 Å². The average molecular weight is 244 g/mol. The van der Waals surface area contributed by atoms with Crippen LogP contribution in [0, 0.1) is 5.92 Å². The average Bonchev–Trinajstić information content (AvgIpc) is 2.36. The molecule has 0 fully saturated rings. The van der Waals surface area contributed by atoms with E-state index in [9.17, 15) is 9.59 Å². The minimum atomic E-state index is -0.754. The second kappa shape index (κ2) is 10.1. The van der Waals surface area contributed by atoms with Crippen molar-refractivity contribution in [3.05, 3.63) is 0 Å². The standard InChI is InChI=1S/C13H24O4/c1-4-5-6-7-8-9-10-11(12(14)16-2)13(15)17-3/h11H,4-10H2,1-3H3. The first-order chi connectivity index (χ1) is 8.17. The normalized spacial score (nSPS) is 10.4. The van der Waals surface area contributed by atoms with Crippen molar-refractivity contribution in [2.45, 2.75) is 51.9 Å². The predicted molar refractivity (Wildman–Crippen MR) is 65.5 cm³/mol. The molecular formula is C13H24O4. The molecule has 0 saturated carbocycles. The summed E-state index contributed by atoms with van der Waals surface area (Å²) >= 11 is 0. The zero-order valence-electron chi connectivity index (χ0n) is 11.2. The van der Waals surface area contributed by atoms with Gasteiger partial charge in [-0.1, -0.05) is 45.4 Å². The molecule has 0 radical (unpaired) electrons. The first kappa shape index (κ1) is 15.9. The summed E-state index contributed by atoms with van der Waals surface area (Å²) in [7, 11) is 2.58. The Morgan fingerprint density at radius 3 is 1.82 bits per heavy atom. The van der Waals surface area contributed by atoms with Gasteiger partial charge in [0.25, 0.3) is 0 Å². The van der Waals surface area contributed by atoms with Crippen molar-refractivity contribution >= 4 is 11.9 Å². The number of hydrogen-bond acceptors (Lipinski definition) is 4. The molecular weight excluding hydrogens is 220 g/mol. The van der Waals surface area contributed by atoms with Crippen LogP contribution in [0.1, 0.15) is 51.9 Å². The molecule has 100 valence electrons. The van der Waals surface area contributed by atoms with Crippen molar-refractivity contribution in [3.8, 4) is 0 Å². The quantitative estimate of drug-likeness (QED) is 0.355. The molecule has 0 aliphatic rings. The molecule has 0 aromatic carbocycles. The highest BCUT2D eigenvalue weighted by atomic mass is 16.5. The fourth-order valence-corrected chi connectivity index (χ4v) is 1.75. The second-order valence-corrected chi connectivity index (χ2v) is 4.16. The van der Waals surface area contributed by atoms with E-state index in [-0.39, 0.29) is 0 Å². The van der Waals surface area contributed by atoms with Crippen LogP contribution in [0.4, 0.5) is 0 Å². The minimum absolute atomic E-state index is 0.495. The summed E-state index contributed by atoms with van der Waals surface area (Å²) in [6.45, 7) is 2.17. The Labute approximate surface area is 104 Å². The molecule has 0 aromatic rings. The summed E-state index contributed by atoms with van der Waals surface area (Å²) in [5.74, 6) is -1.74. The van der Waals surface area contributed by atoms with Crippen LogP contribution in [-0.4, -0.2) is 26.2 Å². The van der Waals surface area contributed by atoms with E-state index in [1.165, 1.54) is 33.5 Å². The van der Waals surface area contributed by atoms with E-state index in [1.807, 2.05) is 0 Å². The maximum atomic E-state index is 11.4. The molecule has 0 saturated heterocycles. The lowest BCUT2D eigenvalue weighted by atomic mass is 10.0. The summed E-state index contributed by atoms with van der Waals surface area (Å²) in [6.07, 6.45) is 7.26. The third-order valence-corrected chi connectivity index (χ3v) is 2.82. The highest BCUT2D eigenvalue weighted by molar-refractivity contribution is 5.94. The van der Waals surface area contributed by atoms with Crippen LogP contribution in [0.5, 0.6) is 0 Å². The fraction of sp³-hybridized carbons (Fsp3) is 0.846. The smallest absolute Gasteiger partial charge is 0.320 e. The van der Waals surface area contributed by atoms with Crippen LogP contribution in [0.25, 0.3) is 0 Å². The molecule has 0 heterocycles. The number of ether oxygens (including phenoxy) is 2. The lowest BCUT2D eigenvalue weighted by Gasteiger charge is -2.11. The molecule has 0 aliphatic carbocycles. The van der Waals surface area contributed by atoms with Gasteiger partial charge in [-0.2, -0.15) is 0 Å². The topological polar surface area (TPSA) is 52.6 Å². The van der Waals surface area contributed by atoms with E-state index in [2.05, 4.69) is 16.4 Å². The molecule has 0 rings (SSSR count). The Hall–Kier alpha value is -1.06. The van der Waals surface area contributed by atoms with Crippen molar-refractivity contribution in [1.29, 1.82) is 0 Å². The predicted octanol–water partition coefficient (Wildman–Crippen LogP) is 2.70. The summed E-state index contributed by atoms with van der Waals surface area (Å²) in [6, 6.07) is 0. The number of unbranched alkanes of at least 4 members (excludes halogenated alkanes) is 5. The van der Waals surface area contributed by atoms with Gasteiger partial charge in [-0.3, -0.25) is 9.59 Å². The van der Waals surface area contributed by atoms with Crippen LogP contribution in [0.2, 0.25) is 0 Å². The lowest BCUT2D eigenvalue weighted by molar-refractivity contribution is -0.159. The SMILES string of the molecule is CCCCCCCCC(C(=O)OC)C(=O)OC. The maximum absolute atomic E-state index is 11.4. The molecule has 0 N–H and O–H groups in total. The molecule has 0 atom stereocenters. The van der Waals surface area contributed by atoms with Gasteiger partial charge in [-0.05, 0) is 6.42 Å².